The van der Waals surface area contributed by atoms with Crippen molar-refractivity contribution in [1.82, 2.24) is 0 Å². The maximum atomic E-state index is 12.5. The third-order valence-corrected chi connectivity index (χ3v) is 5.70. The van der Waals surface area contributed by atoms with Gasteiger partial charge >= 0.3 is 11.9 Å². The van der Waals surface area contributed by atoms with Crippen LogP contribution in [0.4, 0.5) is 10.7 Å². The van der Waals surface area contributed by atoms with Crippen LogP contribution in [0.15, 0.2) is 60.7 Å². The standard InChI is InChI=1S/C25H26N2O4S2/c1-4-30-24(29)21-15-20(14-17-8-6-5-7-9-17)33-22(21)27-25(32)26-19-12-10-18(11-13-19)23(28)31-16(2)3/h5-13,15-16H,4,14H2,1-3H3,(H2,26,27,32). The summed E-state index contributed by atoms with van der Waals surface area (Å²) in [4.78, 5) is 25.5. The highest BCUT2D eigenvalue weighted by molar-refractivity contribution is 7.80. The Labute approximate surface area is 202 Å². The number of benzene rings is 2. The van der Waals surface area contributed by atoms with Crippen LogP contribution in [-0.2, 0) is 15.9 Å². The third kappa shape index (κ3) is 7.13. The van der Waals surface area contributed by atoms with Gasteiger partial charge in [0.25, 0.3) is 0 Å². The summed E-state index contributed by atoms with van der Waals surface area (Å²) in [6.45, 7) is 5.67. The molecule has 0 amide bonds. The van der Waals surface area contributed by atoms with Gasteiger partial charge in [-0.3, -0.25) is 0 Å². The van der Waals surface area contributed by atoms with Crippen LogP contribution in [0.5, 0.6) is 0 Å². The third-order valence-electron chi connectivity index (χ3n) is 4.45. The minimum Gasteiger partial charge on any atom is -0.462 e. The minimum absolute atomic E-state index is 0.182. The van der Waals surface area contributed by atoms with E-state index in [4.69, 9.17) is 21.7 Å². The normalized spacial score (nSPS) is 10.5. The number of ether oxygens (including phenoxy) is 2. The second-order valence-corrected chi connectivity index (χ2v) is 8.99. The molecule has 0 saturated carbocycles. The molecule has 6 nitrogen and oxygen atoms in total. The smallest absolute Gasteiger partial charge is 0.341 e. The molecule has 0 aliphatic heterocycles. The first kappa shape index (κ1) is 24.4. The van der Waals surface area contributed by atoms with Gasteiger partial charge in [0, 0.05) is 17.0 Å². The van der Waals surface area contributed by atoms with E-state index >= 15 is 0 Å². The maximum absolute atomic E-state index is 12.5. The lowest BCUT2D eigenvalue weighted by molar-refractivity contribution is 0.0377. The molecule has 33 heavy (non-hydrogen) atoms. The summed E-state index contributed by atoms with van der Waals surface area (Å²) >= 11 is 6.91. The first-order valence-corrected chi connectivity index (χ1v) is 11.8. The van der Waals surface area contributed by atoms with E-state index in [-0.39, 0.29) is 18.7 Å². The van der Waals surface area contributed by atoms with Crippen molar-refractivity contribution in [3.8, 4) is 0 Å². The topological polar surface area (TPSA) is 76.7 Å². The lowest BCUT2D eigenvalue weighted by Crippen LogP contribution is -2.20. The molecule has 1 heterocycles. The van der Waals surface area contributed by atoms with Gasteiger partial charge in [0.1, 0.15) is 5.00 Å². The molecule has 172 valence electrons. The van der Waals surface area contributed by atoms with E-state index in [9.17, 15) is 9.59 Å². The Hall–Kier alpha value is -3.23. The second-order valence-electron chi connectivity index (χ2n) is 7.45. The minimum atomic E-state index is -0.397. The number of carbonyl (C=O) groups is 2. The fraction of sp³-hybridized carbons (Fsp3) is 0.240. The predicted octanol–water partition coefficient (Wildman–Crippen LogP) is 5.89. The van der Waals surface area contributed by atoms with E-state index in [0.717, 1.165) is 10.4 Å². The Bertz CT molecular complexity index is 1110. The number of thiocarbonyl (C=S) groups is 1. The average molecular weight is 483 g/mol. The number of hydrogen-bond donors (Lipinski definition) is 2. The molecule has 0 fully saturated rings. The summed E-state index contributed by atoms with van der Waals surface area (Å²) < 4.78 is 10.4. The number of rotatable bonds is 8. The Morgan fingerprint density at radius 3 is 2.33 bits per heavy atom. The van der Waals surface area contributed by atoms with Crippen LogP contribution in [-0.4, -0.2) is 29.8 Å². The molecular formula is C25H26N2O4S2. The van der Waals surface area contributed by atoms with Crippen LogP contribution in [0.3, 0.4) is 0 Å². The van der Waals surface area contributed by atoms with Gasteiger partial charge in [0.2, 0.25) is 0 Å². The van der Waals surface area contributed by atoms with Crippen molar-refractivity contribution in [1.29, 1.82) is 0 Å². The highest BCUT2D eigenvalue weighted by atomic mass is 32.1. The molecule has 0 aliphatic carbocycles. The van der Waals surface area contributed by atoms with Gasteiger partial charge < -0.3 is 20.1 Å². The van der Waals surface area contributed by atoms with Gasteiger partial charge in [-0.15, -0.1) is 11.3 Å². The van der Waals surface area contributed by atoms with Gasteiger partial charge in [-0.1, -0.05) is 30.3 Å². The van der Waals surface area contributed by atoms with Gasteiger partial charge in [-0.05, 0) is 68.9 Å². The van der Waals surface area contributed by atoms with Crippen LogP contribution in [0.2, 0.25) is 0 Å². The molecule has 0 atom stereocenters. The summed E-state index contributed by atoms with van der Waals surface area (Å²) in [5, 5.41) is 7.14. The number of thiophene rings is 1. The molecule has 0 saturated heterocycles. The van der Waals surface area contributed by atoms with Gasteiger partial charge in [-0.25, -0.2) is 9.59 Å². The predicted molar refractivity (Wildman–Crippen MR) is 136 cm³/mol. The van der Waals surface area contributed by atoms with Gasteiger partial charge in [-0.2, -0.15) is 0 Å². The fourth-order valence-electron chi connectivity index (χ4n) is 3.02. The lowest BCUT2D eigenvalue weighted by Gasteiger charge is -2.12. The summed E-state index contributed by atoms with van der Waals surface area (Å²) in [5.41, 5.74) is 2.76. The first-order valence-electron chi connectivity index (χ1n) is 10.6. The first-order chi connectivity index (χ1) is 15.9. The van der Waals surface area contributed by atoms with Crippen molar-refractivity contribution in [3.63, 3.8) is 0 Å². The average Bonchev–Trinajstić information content (AvgIpc) is 3.16. The summed E-state index contributed by atoms with van der Waals surface area (Å²) in [6.07, 6.45) is 0.520. The van der Waals surface area contributed by atoms with Gasteiger partial charge in [0.05, 0.1) is 23.8 Å². The van der Waals surface area contributed by atoms with E-state index in [1.165, 1.54) is 11.3 Å². The Morgan fingerprint density at radius 2 is 1.70 bits per heavy atom. The molecule has 0 spiro atoms. The number of hydrogen-bond acceptors (Lipinski definition) is 6. The molecule has 0 bridgehead atoms. The van der Waals surface area contributed by atoms with E-state index in [1.807, 2.05) is 36.4 Å². The Balaban J connectivity index is 1.71. The molecule has 3 aromatic rings. The summed E-state index contributed by atoms with van der Waals surface area (Å²) in [5.74, 6) is -0.771. The van der Waals surface area contributed by atoms with Crippen LogP contribution in [0.25, 0.3) is 0 Å². The van der Waals surface area contributed by atoms with Crippen LogP contribution >= 0.6 is 23.6 Å². The second kappa shape index (κ2) is 11.6. The van der Waals surface area contributed by atoms with Crippen molar-refractivity contribution in [2.45, 2.75) is 33.3 Å². The lowest BCUT2D eigenvalue weighted by atomic mass is 10.1. The van der Waals surface area contributed by atoms with Crippen molar-refractivity contribution in [3.05, 3.63) is 82.2 Å². The van der Waals surface area contributed by atoms with Crippen molar-refractivity contribution >= 4 is 51.3 Å². The Kier molecular flexibility index (Phi) is 8.57. The molecular weight excluding hydrogens is 456 g/mol. The van der Waals surface area contributed by atoms with E-state index in [2.05, 4.69) is 10.6 Å². The molecule has 0 aliphatic rings. The van der Waals surface area contributed by atoms with E-state index < -0.39 is 5.97 Å². The molecule has 3 rings (SSSR count). The molecule has 8 heteroatoms. The largest absolute Gasteiger partial charge is 0.462 e. The number of anilines is 2. The molecule has 0 unspecified atom stereocenters. The number of nitrogens with one attached hydrogen (secondary N) is 2. The zero-order valence-corrected chi connectivity index (χ0v) is 20.3. The molecule has 0 radical (unpaired) electrons. The van der Waals surface area contributed by atoms with Crippen LogP contribution in [0, 0.1) is 0 Å². The zero-order chi connectivity index (χ0) is 23.8. The maximum Gasteiger partial charge on any atom is 0.341 e. The molecule has 1 aromatic heterocycles. The molecule has 2 aromatic carbocycles. The van der Waals surface area contributed by atoms with Crippen molar-refractivity contribution in [2.24, 2.45) is 0 Å². The van der Waals surface area contributed by atoms with Crippen LogP contribution < -0.4 is 10.6 Å². The number of esters is 2. The van der Waals surface area contributed by atoms with Gasteiger partial charge in [0.15, 0.2) is 5.11 Å². The summed E-state index contributed by atoms with van der Waals surface area (Å²) in [7, 11) is 0. The highest BCUT2D eigenvalue weighted by Crippen LogP contribution is 2.31. The quantitative estimate of drug-likeness (QED) is 0.306. The zero-order valence-electron chi connectivity index (χ0n) is 18.7. The van der Waals surface area contributed by atoms with Crippen molar-refractivity contribution < 1.29 is 19.1 Å². The number of carbonyl (C=O) groups excluding carboxylic acids is 2. The van der Waals surface area contributed by atoms with Crippen molar-refractivity contribution in [2.75, 3.05) is 17.2 Å². The van der Waals surface area contributed by atoms with E-state index in [1.54, 1.807) is 45.0 Å². The van der Waals surface area contributed by atoms with Crippen LogP contribution in [0.1, 0.15) is 51.9 Å². The monoisotopic (exact) mass is 482 g/mol. The van der Waals surface area contributed by atoms with E-state index in [0.29, 0.717) is 33.3 Å². The highest BCUT2D eigenvalue weighted by Gasteiger charge is 2.18. The summed E-state index contributed by atoms with van der Waals surface area (Å²) in [6, 6.07) is 18.7. The fourth-order valence-corrected chi connectivity index (χ4v) is 4.38. The Morgan fingerprint density at radius 1 is 1.00 bits per heavy atom. The SMILES string of the molecule is CCOC(=O)c1cc(Cc2ccccc2)sc1NC(=S)Nc1ccc(C(=O)OC(C)C)cc1. The molecule has 2 N–H and O–H groups in total.